The molecule has 0 N–H and O–H groups in total. The summed E-state index contributed by atoms with van der Waals surface area (Å²) in [7, 11) is 1.93. The van der Waals surface area contributed by atoms with Crippen molar-refractivity contribution in [2.24, 2.45) is 7.05 Å². The Morgan fingerprint density at radius 3 is 1.93 bits per heavy atom. The number of aryl methyl sites for hydroxylation is 3. The Bertz CT molecular complexity index is 2350. The molecule has 4 aromatic carbocycles. The van der Waals surface area contributed by atoms with Gasteiger partial charge in [-0.2, -0.15) is 54.1 Å². The topological polar surface area (TPSA) is 74.5 Å². The second-order valence-corrected chi connectivity index (χ2v) is 11.7. The maximum absolute atomic E-state index is 6.07. The van der Waals surface area contributed by atoms with Crippen LogP contribution in [0.4, 0.5) is 5.69 Å². The Morgan fingerprint density at radius 1 is 0.691 bits per heavy atom. The van der Waals surface area contributed by atoms with E-state index in [0.29, 0.717) is 40.5 Å². The normalized spacial score (nSPS) is 12.6. The van der Waals surface area contributed by atoms with Gasteiger partial charge in [0.25, 0.3) is 0 Å². The molecule has 9 nitrogen and oxygen atoms in total. The Labute approximate surface area is 348 Å². The number of pyridine rings is 2. The second kappa shape index (κ2) is 19.6. The van der Waals surface area contributed by atoms with Gasteiger partial charge in [0.05, 0.1) is 13.2 Å². The molecule has 55 heavy (non-hydrogen) atoms. The molecule has 1 unspecified atom stereocenters. The van der Waals surface area contributed by atoms with Crippen molar-refractivity contribution in [2.45, 2.75) is 20.0 Å². The third-order valence-corrected chi connectivity index (χ3v) is 7.62. The van der Waals surface area contributed by atoms with Gasteiger partial charge in [-0.05, 0) is 23.9 Å². The van der Waals surface area contributed by atoms with Crippen LogP contribution in [0, 0.1) is 44.4 Å². The number of hydrogen-bond donors (Lipinski definition) is 0. The molecular formula is C44H33N5O4Pd2-4. The van der Waals surface area contributed by atoms with Gasteiger partial charge in [-0.1, -0.05) is 43.8 Å². The Hall–Kier alpha value is -5.68. The van der Waals surface area contributed by atoms with Crippen LogP contribution < -0.4 is 23.5 Å². The molecule has 7 aromatic rings. The third-order valence-electron chi connectivity index (χ3n) is 7.62. The van der Waals surface area contributed by atoms with E-state index in [2.05, 4.69) is 52.8 Å². The first-order chi connectivity index (χ1) is 25.9. The zero-order valence-electron chi connectivity index (χ0n) is 29.9. The van der Waals surface area contributed by atoms with E-state index in [4.69, 9.17) is 18.9 Å². The van der Waals surface area contributed by atoms with Gasteiger partial charge in [0.15, 0.2) is 0 Å². The number of rotatable bonds is 10. The summed E-state index contributed by atoms with van der Waals surface area (Å²) in [4.78, 5) is 8.30. The van der Waals surface area contributed by atoms with Crippen molar-refractivity contribution >= 4 is 11.9 Å². The zero-order valence-corrected chi connectivity index (χ0v) is 33.0. The van der Waals surface area contributed by atoms with Crippen LogP contribution in [0.3, 0.4) is 0 Å². The van der Waals surface area contributed by atoms with Crippen LogP contribution >= 0.6 is 0 Å². The second-order valence-electron chi connectivity index (χ2n) is 11.7. The van der Waals surface area contributed by atoms with Crippen molar-refractivity contribution in [3.8, 4) is 46.2 Å². The summed E-state index contributed by atoms with van der Waals surface area (Å²) >= 11 is 0. The first kappa shape index (κ1) is 40.5. The summed E-state index contributed by atoms with van der Waals surface area (Å²) in [6, 6.07) is 44.5. The molecule has 0 radical (unpaired) electrons. The summed E-state index contributed by atoms with van der Waals surface area (Å²) in [6.45, 7) is 4.04. The van der Waals surface area contributed by atoms with Crippen LogP contribution in [0.25, 0.3) is 5.69 Å². The molecule has 0 aliphatic carbocycles. The molecule has 11 heteroatoms. The van der Waals surface area contributed by atoms with Gasteiger partial charge >= 0.3 is 0 Å². The minimum atomic E-state index is -0.296. The fourth-order valence-electron chi connectivity index (χ4n) is 5.17. The van der Waals surface area contributed by atoms with E-state index in [1.165, 1.54) is 0 Å². The molecule has 0 spiro atoms. The number of nitrogens with zero attached hydrogens (tertiary/aromatic N) is 5. The largest absolute Gasteiger partial charge is 0.515 e. The van der Waals surface area contributed by atoms with E-state index in [9.17, 15) is 0 Å². The van der Waals surface area contributed by atoms with Gasteiger partial charge in [-0.25, -0.2) is 9.97 Å². The molecule has 0 fully saturated rings. The van der Waals surface area contributed by atoms with E-state index in [1.54, 1.807) is 24.5 Å². The molecule has 4 heterocycles. The predicted octanol–water partition coefficient (Wildman–Crippen LogP) is 8.33. The molecule has 1 atom stereocenters. The first-order valence-corrected chi connectivity index (χ1v) is 16.7. The summed E-state index contributed by atoms with van der Waals surface area (Å²) in [5.41, 5.74) is 3.89. The Morgan fingerprint density at radius 2 is 1.33 bits per heavy atom. The van der Waals surface area contributed by atoms with Crippen molar-refractivity contribution in [1.29, 1.82) is 0 Å². The SMILES string of the molecule is Cc1cc(C)c(-[n+]2[c-]n(C)cc2)[c-]c1Oc1[c-]c(Oc2ccccn2)ccc1.[C-]1=[N+](c2[c-]cccc2)C=CC1Oc1[c-]c(Oc2ccccn2)ccc1.[Pd].[Pd]. The zero-order chi connectivity index (χ0) is 36.4. The van der Waals surface area contributed by atoms with Crippen LogP contribution in [-0.2, 0) is 47.9 Å². The molecule has 1 aliphatic rings. The number of imidazole rings is 1. The van der Waals surface area contributed by atoms with Gasteiger partial charge in [0.2, 0.25) is 18.1 Å². The van der Waals surface area contributed by atoms with E-state index in [-0.39, 0.29) is 46.9 Å². The minimum absolute atomic E-state index is 0. The van der Waals surface area contributed by atoms with E-state index in [0.717, 1.165) is 22.5 Å². The van der Waals surface area contributed by atoms with Crippen molar-refractivity contribution in [2.75, 3.05) is 0 Å². The standard InChI is InChI=1S/C23H19N3O2.C21H14N2O2.2Pd/c1-17-13-18(2)22(15-21(17)26-12-11-25(3)16-26)27-19-7-6-8-20(14-19)28-23-9-4-5-10-24-23;1-2-7-17(8-3-1)23-14-12-20(16-23)24-18-9-6-10-19(15-18)25-21-11-4-5-13-22-21;;/h4-13H,1-3H3;1-7,9-14,20H;;/q2*-2;;. The fraction of sp³-hybridized carbons (Fsp3) is 0.0909. The average molecular weight is 909 g/mol. The molecule has 282 valence electrons. The van der Waals surface area contributed by atoms with Gasteiger partial charge in [0, 0.05) is 107 Å². The van der Waals surface area contributed by atoms with Crippen molar-refractivity contribution in [3.63, 3.8) is 0 Å². The number of ether oxygens (including phenoxy) is 4. The Kier molecular flexibility index (Phi) is 14.4. The van der Waals surface area contributed by atoms with Crippen molar-refractivity contribution < 1.29 is 68.9 Å². The van der Waals surface area contributed by atoms with E-state index in [1.807, 2.05) is 144 Å². The van der Waals surface area contributed by atoms with Gasteiger partial charge in [-0.15, -0.1) is 35.9 Å². The molecule has 0 saturated carbocycles. The predicted molar refractivity (Wildman–Crippen MR) is 197 cm³/mol. The van der Waals surface area contributed by atoms with Crippen LogP contribution in [0.1, 0.15) is 11.1 Å². The molecular weight excluding hydrogens is 875 g/mol. The maximum atomic E-state index is 6.07. The number of aromatic nitrogens is 4. The maximum Gasteiger partial charge on any atom is 0.241 e. The smallest absolute Gasteiger partial charge is 0.241 e. The van der Waals surface area contributed by atoms with Gasteiger partial charge in [-0.3, -0.25) is 0 Å². The van der Waals surface area contributed by atoms with Crippen molar-refractivity contribution in [3.05, 3.63) is 182 Å². The molecule has 8 rings (SSSR count). The minimum Gasteiger partial charge on any atom is -0.515 e. The van der Waals surface area contributed by atoms with E-state index >= 15 is 0 Å². The fourth-order valence-corrected chi connectivity index (χ4v) is 5.17. The summed E-state index contributed by atoms with van der Waals surface area (Å²) < 4.78 is 29.0. The average Bonchev–Trinajstić information content (AvgIpc) is 3.83. The molecule has 0 saturated heterocycles. The molecule has 3 aromatic heterocycles. The Balaban J connectivity index is 0.000000205. The number of para-hydroxylation sites is 1. The quantitative estimate of drug-likeness (QED) is 0.0782. The summed E-state index contributed by atoms with van der Waals surface area (Å²) in [5.74, 6) is 3.86. The van der Waals surface area contributed by atoms with Crippen LogP contribution in [-0.4, -0.2) is 31.4 Å². The molecule has 0 amide bonds. The van der Waals surface area contributed by atoms with Gasteiger partial charge < -0.3 is 32.7 Å². The van der Waals surface area contributed by atoms with Gasteiger partial charge in [0.1, 0.15) is 12.3 Å². The van der Waals surface area contributed by atoms with Crippen molar-refractivity contribution in [1.82, 2.24) is 14.5 Å². The third kappa shape index (κ3) is 11.2. The van der Waals surface area contributed by atoms with Crippen LogP contribution in [0.15, 0.2) is 140 Å². The molecule has 1 aliphatic heterocycles. The number of hydrogen-bond acceptors (Lipinski definition) is 6. The van der Waals surface area contributed by atoms with E-state index < -0.39 is 0 Å². The van der Waals surface area contributed by atoms with Crippen LogP contribution in [0.5, 0.6) is 40.5 Å². The monoisotopic (exact) mass is 907 g/mol. The number of benzene rings is 4. The molecule has 0 bridgehead atoms. The summed E-state index contributed by atoms with van der Waals surface area (Å²) in [6.07, 6.45) is 17.2. The first-order valence-electron chi connectivity index (χ1n) is 16.7. The summed E-state index contributed by atoms with van der Waals surface area (Å²) in [5, 5.41) is 0. The van der Waals surface area contributed by atoms with Crippen LogP contribution in [0.2, 0.25) is 0 Å².